The van der Waals surface area contributed by atoms with Crippen LogP contribution in [0.2, 0.25) is 0 Å². The Kier molecular flexibility index (Phi) is 4.37. The molecule has 0 aliphatic heterocycles. The third-order valence-electron chi connectivity index (χ3n) is 2.94. The molecular weight excluding hydrogens is 266 g/mol. The predicted octanol–water partition coefficient (Wildman–Crippen LogP) is 4.29. The number of nitrogens with zero attached hydrogens (tertiary/aromatic N) is 1. The quantitative estimate of drug-likeness (QED) is 0.829. The first-order valence-electron chi connectivity index (χ1n) is 6.06. The number of rotatable bonds is 5. The Morgan fingerprint density at radius 1 is 1.32 bits per heavy atom. The lowest BCUT2D eigenvalue weighted by atomic mass is 10.1. The van der Waals surface area contributed by atoms with Crippen LogP contribution in [0.4, 0.5) is 20.2 Å². The van der Waals surface area contributed by atoms with Gasteiger partial charge < -0.3 is 10.6 Å². The monoisotopic (exact) mass is 282 g/mol. The normalized spacial score (nSPS) is 10.9. The standard InChI is InChI=1S/C14H16F2N2S/c1-2-18(9-11-4-3-7-19-11)13-6-5-10(17)8-12(13)14(15)16/h3-8,14H,2,9,17H2,1H3. The fourth-order valence-corrected chi connectivity index (χ4v) is 2.71. The topological polar surface area (TPSA) is 29.3 Å². The third kappa shape index (κ3) is 3.23. The zero-order valence-corrected chi connectivity index (χ0v) is 11.5. The molecule has 5 heteroatoms. The molecule has 0 spiro atoms. The molecule has 2 N–H and O–H groups in total. The highest BCUT2D eigenvalue weighted by Gasteiger charge is 2.17. The van der Waals surface area contributed by atoms with Crippen molar-refractivity contribution in [1.82, 2.24) is 0 Å². The van der Waals surface area contributed by atoms with Crippen molar-refractivity contribution in [3.8, 4) is 0 Å². The lowest BCUT2D eigenvalue weighted by molar-refractivity contribution is 0.152. The van der Waals surface area contributed by atoms with Crippen LogP contribution in [-0.2, 0) is 6.54 Å². The summed E-state index contributed by atoms with van der Waals surface area (Å²) in [5.74, 6) is 0. The number of alkyl halides is 2. The van der Waals surface area contributed by atoms with Gasteiger partial charge in [-0.3, -0.25) is 0 Å². The van der Waals surface area contributed by atoms with Crippen LogP contribution in [0.1, 0.15) is 23.8 Å². The first-order chi connectivity index (χ1) is 9.11. The van der Waals surface area contributed by atoms with Crippen molar-refractivity contribution in [2.75, 3.05) is 17.2 Å². The fraction of sp³-hybridized carbons (Fsp3) is 0.286. The maximum atomic E-state index is 13.1. The number of nitrogen functional groups attached to an aromatic ring is 1. The lowest BCUT2D eigenvalue weighted by Gasteiger charge is -2.25. The summed E-state index contributed by atoms with van der Waals surface area (Å²) < 4.78 is 26.2. The van der Waals surface area contributed by atoms with Crippen molar-refractivity contribution >= 4 is 22.7 Å². The van der Waals surface area contributed by atoms with Crippen LogP contribution in [-0.4, -0.2) is 6.54 Å². The van der Waals surface area contributed by atoms with Crippen LogP contribution in [0.15, 0.2) is 35.7 Å². The Hall–Kier alpha value is -1.62. The van der Waals surface area contributed by atoms with E-state index in [1.165, 1.54) is 6.07 Å². The van der Waals surface area contributed by atoms with E-state index < -0.39 is 6.43 Å². The smallest absolute Gasteiger partial charge is 0.265 e. The Balaban J connectivity index is 2.32. The summed E-state index contributed by atoms with van der Waals surface area (Å²) in [5.41, 5.74) is 6.51. The van der Waals surface area contributed by atoms with Gasteiger partial charge >= 0.3 is 0 Å². The minimum Gasteiger partial charge on any atom is -0.399 e. The van der Waals surface area contributed by atoms with Crippen LogP contribution in [0.3, 0.4) is 0 Å². The average molecular weight is 282 g/mol. The van der Waals surface area contributed by atoms with Gasteiger partial charge in [-0.05, 0) is 36.6 Å². The summed E-state index contributed by atoms with van der Waals surface area (Å²) in [5, 5.41) is 1.99. The van der Waals surface area contributed by atoms with Crippen LogP contribution < -0.4 is 10.6 Å². The molecule has 2 rings (SSSR count). The molecule has 0 atom stereocenters. The summed E-state index contributed by atoms with van der Waals surface area (Å²) in [6.07, 6.45) is -2.52. The van der Waals surface area contributed by atoms with Crippen LogP contribution in [0, 0.1) is 0 Å². The second-order valence-corrected chi connectivity index (χ2v) is 5.24. The summed E-state index contributed by atoms with van der Waals surface area (Å²) in [6, 6.07) is 8.67. The molecule has 1 aromatic heterocycles. The molecule has 2 nitrogen and oxygen atoms in total. The molecule has 102 valence electrons. The zero-order valence-electron chi connectivity index (χ0n) is 10.6. The molecule has 19 heavy (non-hydrogen) atoms. The molecule has 2 aromatic rings. The number of hydrogen-bond acceptors (Lipinski definition) is 3. The predicted molar refractivity (Wildman–Crippen MR) is 76.9 cm³/mol. The first-order valence-corrected chi connectivity index (χ1v) is 6.94. The number of benzene rings is 1. The summed E-state index contributed by atoms with van der Waals surface area (Å²) >= 11 is 1.62. The van der Waals surface area contributed by atoms with Gasteiger partial charge in [-0.1, -0.05) is 6.07 Å². The molecule has 0 unspecified atom stereocenters. The van der Waals surface area contributed by atoms with Crippen LogP contribution >= 0.6 is 11.3 Å². The van der Waals surface area contributed by atoms with Gasteiger partial charge in [0.25, 0.3) is 6.43 Å². The Morgan fingerprint density at radius 3 is 2.68 bits per heavy atom. The van der Waals surface area contributed by atoms with Crippen LogP contribution in [0.25, 0.3) is 0 Å². The molecule has 0 aliphatic rings. The van der Waals surface area contributed by atoms with Gasteiger partial charge in [0.15, 0.2) is 0 Å². The second kappa shape index (κ2) is 6.02. The van der Waals surface area contributed by atoms with Crippen molar-refractivity contribution in [2.24, 2.45) is 0 Å². The number of halogens is 2. The van der Waals surface area contributed by atoms with Crippen molar-refractivity contribution in [3.05, 3.63) is 46.2 Å². The van der Waals surface area contributed by atoms with E-state index in [1.807, 2.05) is 29.3 Å². The minimum atomic E-state index is -2.52. The maximum absolute atomic E-state index is 13.1. The highest BCUT2D eigenvalue weighted by atomic mass is 32.1. The van der Waals surface area contributed by atoms with E-state index in [-0.39, 0.29) is 5.56 Å². The molecular formula is C14H16F2N2S. The van der Waals surface area contributed by atoms with Gasteiger partial charge in [0.1, 0.15) is 0 Å². The van der Waals surface area contributed by atoms with E-state index in [1.54, 1.807) is 23.5 Å². The van der Waals surface area contributed by atoms with Crippen molar-refractivity contribution in [2.45, 2.75) is 19.9 Å². The molecule has 0 aliphatic carbocycles. The van der Waals surface area contributed by atoms with E-state index in [0.29, 0.717) is 24.5 Å². The lowest BCUT2D eigenvalue weighted by Crippen LogP contribution is -2.23. The van der Waals surface area contributed by atoms with Gasteiger partial charge in [0.05, 0.1) is 6.54 Å². The maximum Gasteiger partial charge on any atom is 0.265 e. The van der Waals surface area contributed by atoms with E-state index in [0.717, 1.165) is 4.88 Å². The number of nitrogens with two attached hydrogens (primary N) is 1. The summed E-state index contributed by atoms with van der Waals surface area (Å²) in [7, 11) is 0. The highest BCUT2D eigenvalue weighted by Crippen LogP contribution is 2.32. The van der Waals surface area contributed by atoms with Crippen molar-refractivity contribution in [1.29, 1.82) is 0 Å². The highest BCUT2D eigenvalue weighted by molar-refractivity contribution is 7.09. The van der Waals surface area contributed by atoms with E-state index in [9.17, 15) is 8.78 Å². The molecule has 0 amide bonds. The average Bonchev–Trinajstić information content (AvgIpc) is 2.89. The molecule has 1 aromatic carbocycles. The van der Waals surface area contributed by atoms with Crippen molar-refractivity contribution in [3.63, 3.8) is 0 Å². The molecule has 0 fully saturated rings. The third-order valence-corrected chi connectivity index (χ3v) is 3.80. The van der Waals surface area contributed by atoms with Gasteiger partial charge in [0.2, 0.25) is 0 Å². The number of hydrogen-bond donors (Lipinski definition) is 1. The summed E-state index contributed by atoms with van der Waals surface area (Å²) in [6.45, 7) is 3.26. The molecule has 0 saturated carbocycles. The second-order valence-electron chi connectivity index (χ2n) is 4.21. The molecule has 0 bridgehead atoms. The zero-order chi connectivity index (χ0) is 13.8. The number of thiophene rings is 1. The van der Waals surface area contributed by atoms with E-state index >= 15 is 0 Å². The van der Waals surface area contributed by atoms with Gasteiger partial charge in [-0.15, -0.1) is 11.3 Å². The Morgan fingerprint density at radius 2 is 2.11 bits per heavy atom. The van der Waals surface area contributed by atoms with Crippen LogP contribution in [0.5, 0.6) is 0 Å². The van der Waals surface area contributed by atoms with Gasteiger partial charge in [-0.2, -0.15) is 0 Å². The molecule has 0 saturated heterocycles. The Bertz CT molecular complexity index is 526. The first kappa shape index (κ1) is 13.8. The van der Waals surface area contributed by atoms with Crippen molar-refractivity contribution < 1.29 is 8.78 Å². The largest absolute Gasteiger partial charge is 0.399 e. The van der Waals surface area contributed by atoms with Gasteiger partial charge in [0, 0.05) is 28.4 Å². The number of anilines is 2. The van der Waals surface area contributed by atoms with Gasteiger partial charge in [-0.25, -0.2) is 8.78 Å². The Labute approximate surface area is 115 Å². The minimum absolute atomic E-state index is 0.00148. The summed E-state index contributed by atoms with van der Waals surface area (Å²) in [4.78, 5) is 3.09. The fourth-order valence-electron chi connectivity index (χ4n) is 1.99. The van der Waals surface area contributed by atoms with E-state index in [2.05, 4.69) is 0 Å². The molecule has 1 heterocycles. The van der Waals surface area contributed by atoms with E-state index in [4.69, 9.17) is 5.73 Å². The SMILES string of the molecule is CCN(Cc1cccs1)c1ccc(N)cc1C(F)F. The molecule has 0 radical (unpaired) electrons.